The summed E-state index contributed by atoms with van der Waals surface area (Å²) in [6.07, 6.45) is 5.44. The molecule has 1 amide bonds. The molecule has 0 aromatic rings. The van der Waals surface area contributed by atoms with Gasteiger partial charge in [0.1, 0.15) is 6.04 Å². The Morgan fingerprint density at radius 2 is 2.11 bits per heavy atom. The lowest BCUT2D eigenvalue weighted by molar-refractivity contribution is -0.142. The van der Waals surface area contributed by atoms with Crippen molar-refractivity contribution in [1.82, 2.24) is 5.32 Å². The van der Waals surface area contributed by atoms with Crippen molar-refractivity contribution in [3.05, 3.63) is 12.7 Å². The molecule has 0 bridgehead atoms. The van der Waals surface area contributed by atoms with E-state index in [1.807, 2.05) is 6.92 Å². The van der Waals surface area contributed by atoms with Gasteiger partial charge >= 0.3 is 5.97 Å². The van der Waals surface area contributed by atoms with Crippen LogP contribution in [0.5, 0.6) is 0 Å². The van der Waals surface area contributed by atoms with Gasteiger partial charge in [-0.1, -0.05) is 13.0 Å². The standard InChI is InChI=1S/C13H20NO4/c1-3-4-6-10(2)9-12(16)14-11(13(17)18)7-5-8-15/h3,10-11H,1,4-7,9H2,2H3,(H,14,16)(H,17,18)/t10-,11+/m0/s1. The number of allylic oxidation sites excluding steroid dienone is 1. The number of amides is 1. The molecule has 0 unspecified atom stereocenters. The molecule has 0 aliphatic rings. The Kier molecular flexibility index (Phi) is 8.53. The Balaban J connectivity index is 4.11. The topological polar surface area (TPSA) is 83.5 Å². The van der Waals surface area contributed by atoms with E-state index < -0.39 is 12.0 Å². The summed E-state index contributed by atoms with van der Waals surface area (Å²) in [4.78, 5) is 32.5. The Bertz CT molecular complexity index is 301. The molecule has 0 saturated heterocycles. The lowest BCUT2D eigenvalue weighted by Crippen LogP contribution is -2.41. The van der Waals surface area contributed by atoms with Crippen molar-refractivity contribution in [2.24, 2.45) is 5.92 Å². The van der Waals surface area contributed by atoms with Gasteiger partial charge < -0.3 is 10.4 Å². The number of rotatable bonds is 10. The second kappa shape index (κ2) is 9.39. The van der Waals surface area contributed by atoms with Crippen LogP contribution in [0.2, 0.25) is 0 Å². The normalized spacial score (nSPS) is 13.4. The van der Waals surface area contributed by atoms with Gasteiger partial charge in [0.05, 0.1) is 0 Å². The number of aliphatic carboxylic acids is 1. The third-order valence-corrected chi connectivity index (χ3v) is 2.57. The van der Waals surface area contributed by atoms with Crippen molar-refractivity contribution < 1.29 is 19.5 Å². The zero-order chi connectivity index (χ0) is 14.0. The fourth-order valence-electron chi connectivity index (χ4n) is 1.53. The molecule has 2 atom stereocenters. The van der Waals surface area contributed by atoms with Crippen LogP contribution in [0.3, 0.4) is 0 Å². The highest BCUT2D eigenvalue weighted by molar-refractivity contribution is 5.83. The largest absolute Gasteiger partial charge is 0.480 e. The summed E-state index contributed by atoms with van der Waals surface area (Å²) in [6.45, 7) is 5.53. The van der Waals surface area contributed by atoms with E-state index in [-0.39, 0.29) is 31.1 Å². The smallest absolute Gasteiger partial charge is 0.326 e. The number of nitrogens with one attached hydrogen (secondary N) is 1. The third-order valence-electron chi connectivity index (χ3n) is 2.57. The van der Waals surface area contributed by atoms with E-state index in [0.717, 1.165) is 12.8 Å². The molecule has 5 nitrogen and oxygen atoms in total. The van der Waals surface area contributed by atoms with Crippen molar-refractivity contribution in [3.8, 4) is 0 Å². The zero-order valence-electron chi connectivity index (χ0n) is 10.6. The highest BCUT2D eigenvalue weighted by atomic mass is 16.4. The fourth-order valence-corrected chi connectivity index (χ4v) is 1.53. The third kappa shape index (κ3) is 7.60. The second-order valence-corrected chi connectivity index (χ2v) is 4.32. The monoisotopic (exact) mass is 254 g/mol. The maximum atomic E-state index is 11.6. The molecule has 2 N–H and O–H groups in total. The average molecular weight is 254 g/mol. The highest BCUT2D eigenvalue weighted by Crippen LogP contribution is 2.10. The minimum atomic E-state index is -1.13. The first-order chi connectivity index (χ1) is 8.51. The van der Waals surface area contributed by atoms with Crippen molar-refractivity contribution in [3.63, 3.8) is 0 Å². The second-order valence-electron chi connectivity index (χ2n) is 4.32. The molecule has 0 aliphatic heterocycles. The predicted molar refractivity (Wildman–Crippen MR) is 67.7 cm³/mol. The Labute approximate surface area is 107 Å². The number of hydrogen-bond acceptors (Lipinski definition) is 3. The first-order valence-electron chi connectivity index (χ1n) is 5.99. The molecule has 0 heterocycles. The Morgan fingerprint density at radius 3 is 2.61 bits per heavy atom. The predicted octanol–water partition coefficient (Wildman–Crippen LogP) is 1.44. The summed E-state index contributed by atoms with van der Waals surface area (Å²) in [5, 5.41) is 11.3. The molecule has 0 spiro atoms. The van der Waals surface area contributed by atoms with E-state index in [1.165, 1.54) is 0 Å². The van der Waals surface area contributed by atoms with Gasteiger partial charge in [-0.15, -0.1) is 6.58 Å². The molecule has 0 saturated carbocycles. The quantitative estimate of drug-likeness (QED) is 0.578. The van der Waals surface area contributed by atoms with Crippen LogP contribution in [-0.2, 0) is 14.4 Å². The van der Waals surface area contributed by atoms with Crippen LogP contribution >= 0.6 is 0 Å². The summed E-state index contributed by atoms with van der Waals surface area (Å²) in [7, 11) is 0. The van der Waals surface area contributed by atoms with Crippen molar-refractivity contribution in [2.75, 3.05) is 0 Å². The van der Waals surface area contributed by atoms with E-state index in [1.54, 1.807) is 12.4 Å². The average Bonchev–Trinajstić information content (AvgIpc) is 2.31. The first kappa shape index (κ1) is 16.4. The van der Waals surface area contributed by atoms with Crippen LogP contribution in [-0.4, -0.2) is 29.3 Å². The summed E-state index contributed by atoms with van der Waals surface area (Å²) >= 11 is 0. The van der Waals surface area contributed by atoms with Crippen molar-refractivity contribution in [1.29, 1.82) is 0 Å². The minimum absolute atomic E-state index is 0.00324. The van der Waals surface area contributed by atoms with Crippen LogP contribution in [0.15, 0.2) is 12.7 Å². The fraction of sp³-hybridized carbons (Fsp3) is 0.615. The van der Waals surface area contributed by atoms with Gasteiger partial charge in [-0.3, -0.25) is 9.59 Å². The number of carboxylic acid groups (broad SMARTS) is 1. The molecule has 0 aromatic heterocycles. The first-order valence-corrected chi connectivity index (χ1v) is 5.99. The van der Waals surface area contributed by atoms with Crippen molar-refractivity contribution >= 4 is 18.2 Å². The molecular formula is C13H20NO4. The molecule has 18 heavy (non-hydrogen) atoms. The van der Waals surface area contributed by atoms with Gasteiger partial charge in [0, 0.05) is 12.8 Å². The summed E-state index contributed by atoms with van der Waals surface area (Å²) < 4.78 is 0. The molecule has 0 aliphatic carbocycles. The molecule has 1 radical (unpaired) electrons. The highest BCUT2D eigenvalue weighted by Gasteiger charge is 2.20. The van der Waals surface area contributed by atoms with Crippen LogP contribution < -0.4 is 5.32 Å². The number of carbonyl (C=O) groups is 2. The van der Waals surface area contributed by atoms with E-state index in [0.29, 0.717) is 0 Å². The van der Waals surface area contributed by atoms with E-state index in [4.69, 9.17) is 5.11 Å². The van der Waals surface area contributed by atoms with Crippen LogP contribution in [0.4, 0.5) is 0 Å². The lowest BCUT2D eigenvalue weighted by atomic mass is 10.0. The SMILES string of the molecule is C=CCC[C@H](C)CC(=O)N[C@H](CC[C]=O)C(=O)O. The number of carboxylic acids is 1. The molecule has 0 rings (SSSR count). The summed E-state index contributed by atoms with van der Waals surface area (Å²) in [6, 6.07) is -1.01. The molecule has 0 fully saturated rings. The summed E-state index contributed by atoms with van der Waals surface area (Å²) in [5.74, 6) is -1.25. The van der Waals surface area contributed by atoms with Gasteiger partial charge in [0.15, 0.2) is 6.29 Å². The van der Waals surface area contributed by atoms with Crippen LogP contribution in [0.1, 0.15) is 39.0 Å². The van der Waals surface area contributed by atoms with Crippen LogP contribution in [0, 0.1) is 5.92 Å². The zero-order valence-corrected chi connectivity index (χ0v) is 10.6. The molecule has 5 heteroatoms. The van der Waals surface area contributed by atoms with Crippen molar-refractivity contribution in [2.45, 2.75) is 45.1 Å². The maximum Gasteiger partial charge on any atom is 0.326 e. The van der Waals surface area contributed by atoms with Crippen LogP contribution in [0.25, 0.3) is 0 Å². The molecule has 101 valence electrons. The van der Waals surface area contributed by atoms with E-state index >= 15 is 0 Å². The van der Waals surface area contributed by atoms with E-state index in [9.17, 15) is 14.4 Å². The molecular weight excluding hydrogens is 234 g/mol. The summed E-state index contributed by atoms with van der Waals surface area (Å²) in [5.41, 5.74) is 0. The van der Waals surface area contributed by atoms with Gasteiger partial charge in [-0.05, 0) is 25.2 Å². The van der Waals surface area contributed by atoms with Gasteiger partial charge in [0.2, 0.25) is 5.91 Å². The van der Waals surface area contributed by atoms with Gasteiger partial charge in [0.25, 0.3) is 0 Å². The Morgan fingerprint density at radius 1 is 1.44 bits per heavy atom. The van der Waals surface area contributed by atoms with E-state index in [2.05, 4.69) is 11.9 Å². The minimum Gasteiger partial charge on any atom is -0.480 e. The maximum absolute atomic E-state index is 11.6. The Hall–Kier alpha value is -1.65. The number of hydrogen-bond donors (Lipinski definition) is 2. The number of carbonyl (C=O) groups excluding carboxylic acids is 2. The van der Waals surface area contributed by atoms with Gasteiger partial charge in [-0.2, -0.15) is 0 Å². The molecule has 0 aromatic carbocycles. The lowest BCUT2D eigenvalue weighted by Gasteiger charge is -2.15. The van der Waals surface area contributed by atoms with Gasteiger partial charge in [-0.25, -0.2) is 4.79 Å².